The van der Waals surface area contributed by atoms with Gasteiger partial charge in [-0.05, 0) is 30.2 Å². The molecule has 4 heteroatoms. The summed E-state index contributed by atoms with van der Waals surface area (Å²) in [6.45, 7) is 0. The largest absolute Gasteiger partial charge is 0.465 e. The van der Waals surface area contributed by atoms with Crippen molar-refractivity contribution in [2.24, 2.45) is 0 Å². The van der Waals surface area contributed by atoms with Crippen LogP contribution < -0.4 is 0 Å². The fourth-order valence-electron chi connectivity index (χ4n) is 2.10. The Morgan fingerprint density at radius 3 is 2.57 bits per heavy atom. The van der Waals surface area contributed by atoms with Crippen molar-refractivity contribution in [3.05, 3.63) is 69.7 Å². The maximum atomic E-state index is 12.2. The molecule has 0 amide bonds. The summed E-state index contributed by atoms with van der Waals surface area (Å²) >= 11 is 3.35. The number of Topliss-reactive ketones (excluding diaryl/α,β-unsaturated/α-hetero) is 1. The van der Waals surface area contributed by atoms with E-state index in [1.165, 1.54) is 7.11 Å². The van der Waals surface area contributed by atoms with E-state index in [2.05, 4.69) is 15.9 Å². The summed E-state index contributed by atoms with van der Waals surface area (Å²) in [5.41, 5.74) is 2.01. The number of benzene rings is 2. The molecule has 0 saturated carbocycles. The molecule has 0 aliphatic rings. The molecule has 3 nitrogen and oxygen atoms in total. The Hall–Kier alpha value is -1.94. The average molecular weight is 347 g/mol. The van der Waals surface area contributed by atoms with Gasteiger partial charge in [0, 0.05) is 16.5 Å². The molecule has 21 heavy (non-hydrogen) atoms. The van der Waals surface area contributed by atoms with Crippen molar-refractivity contribution in [2.75, 3.05) is 7.11 Å². The lowest BCUT2D eigenvalue weighted by molar-refractivity contribution is 0.0599. The van der Waals surface area contributed by atoms with Crippen LogP contribution in [0.2, 0.25) is 0 Å². The second-order valence-electron chi connectivity index (χ2n) is 4.58. The second kappa shape index (κ2) is 7.18. The Bertz CT molecular complexity index is 665. The van der Waals surface area contributed by atoms with Crippen LogP contribution in [0, 0.1) is 0 Å². The van der Waals surface area contributed by atoms with E-state index in [1.54, 1.807) is 24.3 Å². The zero-order valence-electron chi connectivity index (χ0n) is 11.6. The summed E-state index contributed by atoms with van der Waals surface area (Å²) in [6.07, 6.45) is 0.862. The Kier molecular flexibility index (Phi) is 5.28. The number of hydrogen-bond donors (Lipinski definition) is 0. The zero-order chi connectivity index (χ0) is 15.2. The van der Waals surface area contributed by atoms with E-state index < -0.39 is 0 Å². The van der Waals surface area contributed by atoms with Gasteiger partial charge in [0.2, 0.25) is 0 Å². The van der Waals surface area contributed by atoms with Gasteiger partial charge in [0.1, 0.15) is 0 Å². The molecule has 0 heterocycles. The van der Waals surface area contributed by atoms with Crippen LogP contribution in [0.4, 0.5) is 0 Å². The molecule has 0 aromatic heterocycles. The second-order valence-corrected chi connectivity index (χ2v) is 5.50. The first-order chi connectivity index (χ1) is 10.1. The van der Waals surface area contributed by atoms with Crippen molar-refractivity contribution in [1.29, 1.82) is 0 Å². The maximum absolute atomic E-state index is 12.2. The number of hydrogen-bond acceptors (Lipinski definition) is 3. The number of esters is 1. The maximum Gasteiger partial charge on any atom is 0.338 e. The summed E-state index contributed by atoms with van der Waals surface area (Å²) < 4.78 is 5.63. The minimum atomic E-state index is -0.375. The van der Waals surface area contributed by atoms with Crippen molar-refractivity contribution in [2.45, 2.75) is 12.8 Å². The fourth-order valence-corrected chi connectivity index (χ4v) is 2.50. The van der Waals surface area contributed by atoms with E-state index >= 15 is 0 Å². The van der Waals surface area contributed by atoms with Gasteiger partial charge in [0.05, 0.1) is 12.7 Å². The standard InChI is InChI=1S/C17H15BrO3/c1-21-17(20)15-8-3-2-5-12(15)9-10-16(19)13-6-4-7-14(18)11-13/h2-8,11H,9-10H2,1H3. The van der Waals surface area contributed by atoms with Gasteiger partial charge in [-0.3, -0.25) is 4.79 Å². The highest BCUT2D eigenvalue weighted by Gasteiger charge is 2.13. The smallest absolute Gasteiger partial charge is 0.338 e. The highest BCUT2D eigenvalue weighted by atomic mass is 79.9. The molecule has 0 aliphatic heterocycles. The highest BCUT2D eigenvalue weighted by Crippen LogP contribution is 2.16. The molecule has 0 bridgehead atoms. The predicted molar refractivity (Wildman–Crippen MR) is 84.6 cm³/mol. The molecule has 0 spiro atoms. The molecule has 0 aliphatic carbocycles. The summed E-state index contributed by atoms with van der Waals surface area (Å²) in [5.74, 6) is -0.323. The first-order valence-electron chi connectivity index (χ1n) is 6.57. The van der Waals surface area contributed by atoms with Gasteiger partial charge in [-0.1, -0.05) is 46.3 Å². The minimum absolute atomic E-state index is 0.0518. The van der Waals surface area contributed by atoms with Gasteiger partial charge < -0.3 is 4.74 Å². The third-order valence-electron chi connectivity index (χ3n) is 3.19. The lowest BCUT2D eigenvalue weighted by Crippen LogP contribution is -2.08. The summed E-state index contributed by atoms with van der Waals surface area (Å²) in [5, 5.41) is 0. The van der Waals surface area contributed by atoms with E-state index in [4.69, 9.17) is 4.74 Å². The number of halogens is 1. The van der Waals surface area contributed by atoms with Crippen LogP contribution in [0.25, 0.3) is 0 Å². The summed E-state index contributed by atoms with van der Waals surface area (Å²) in [4.78, 5) is 23.9. The molecule has 2 rings (SSSR count). The number of carbonyl (C=O) groups excluding carboxylic acids is 2. The number of methoxy groups -OCH3 is 1. The lowest BCUT2D eigenvalue weighted by Gasteiger charge is -2.07. The molecular weight excluding hydrogens is 332 g/mol. The lowest BCUT2D eigenvalue weighted by atomic mass is 9.99. The van der Waals surface area contributed by atoms with Crippen LogP contribution in [0.3, 0.4) is 0 Å². The van der Waals surface area contributed by atoms with Crippen LogP contribution >= 0.6 is 15.9 Å². The van der Waals surface area contributed by atoms with E-state index in [0.29, 0.717) is 24.0 Å². The van der Waals surface area contributed by atoms with Crippen molar-refractivity contribution < 1.29 is 14.3 Å². The van der Waals surface area contributed by atoms with E-state index in [9.17, 15) is 9.59 Å². The summed E-state index contributed by atoms with van der Waals surface area (Å²) in [7, 11) is 1.35. The molecular formula is C17H15BrO3. The number of ketones is 1. The van der Waals surface area contributed by atoms with E-state index in [1.807, 2.05) is 24.3 Å². The molecule has 0 radical (unpaired) electrons. The first-order valence-corrected chi connectivity index (χ1v) is 7.36. The highest BCUT2D eigenvalue weighted by molar-refractivity contribution is 9.10. The quantitative estimate of drug-likeness (QED) is 0.605. The van der Waals surface area contributed by atoms with Gasteiger partial charge in [-0.15, -0.1) is 0 Å². The number of rotatable bonds is 5. The number of aryl methyl sites for hydroxylation is 1. The molecule has 0 fully saturated rings. The molecule has 108 valence electrons. The van der Waals surface area contributed by atoms with Crippen LogP contribution in [-0.4, -0.2) is 18.9 Å². The molecule has 0 N–H and O–H groups in total. The predicted octanol–water partition coefficient (Wildman–Crippen LogP) is 4.05. The van der Waals surface area contributed by atoms with Crippen molar-refractivity contribution >= 4 is 27.7 Å². The molecule has 2 aromatic carbocycles. The Balaban J connectivity index is 2.10. The van der Waals surface area contributed by atoms with Crippen LogP contribution in [0.1, 0.15) is 32.7 Å². The summed E-state index contributed by atoms with van der Waals surface area (Å²) in [6, 6.07) is 14.5. The van der Waals surface area contributed by atoms with Gasteiger partial charge >= 0.3 is 5.97 Å². The van der Waals surface area contributed by atoms with Crippen LogP contribution in [-0.2, 0) is 11.2 Å². The molecule has 0 saturated heterocycles. The normalized spacial score (nSPS) is 10.2. The zero-order valence-corrected chi connectivity index (χ0v) is 13.2. The Labute approximate surface area is 132 Å². The average Bonchev–Trinajstić information content (AvgIpc) is 2.52. The molecule has 2 aromatic rings. The molecule has 0 unspecified atom stereocenters. The SMILES string of the molecule is COC(=O)c1ccccc1CCC(=O)c1cccc(Br)c1. The minimum Gasteiger partial charge on any atom is -0.465 e. The van der Waals surface area contributed by atoms with Gasteiger partial charge in [-0.2, -0.15) is 0 Å². The van der Waals surface area contributed by atoms with E-state index in [0.717, 1.165) is 10.0 Å². The van der Waals surface area contributed by atoms with Crippen LogP contribution in [0.15, 0.2) is 53.0 Å². The molecule has 0 atom stereocenters. The number of ether oxygens (including phenoxy) is 1. The monoisotopic (exact) mass is 346 g/mol. The third kappa shape index (κ3) is 4.02. The van der Waals surface area contributed by atoms with Crippen molar-refractivity contribution in [3.63, 3.8) is 0 Å². The van der Waals surface area contributed by atoms with Gasteiger partial charge in [-0.25, -0.2) is 4.79 Å². The van der Waals surface area contributed by atoms with Crippen molar-refractivity contribution in [3.8, 4) is 0 Å². The fraction of sp³-hybridized carbons (Fsp3) is 0.176. The Morgan fingerprint density at radius 2 is 1.86 bits per heavy atom. The van der Waals surface area contributed by atoms with E-state index in [-0.39, 0.29) is 11.8 Å². The van der Waals surface area contributed by atoms with Crippen LogP contribution in [0.5, 0.6) is 0 Å². The first kappa shape index (κ1) is 15.4. The third-order valence-corrected chi connectivity index (χ3v) is 3.68. The topological polar surface area (TPSA) is 43.4 Å². The van der Waals surface area contributed by atoms with Crippen molar-refractivity contribution in [1.82, 2.24) is 0 Å². The Morgan fingerprint density at radius 1 is 1.10 bits per heavy atom. The van der Waals surface area contributed by atoms with Gasteiger partial charge in [0.15, 0.2) is 5.78 Å². The van der Waals surface area contributed by atoms with Gasteiger partial charge in [0.25, 0.3) is 0 Å². The number of carbonyl (C=O) groups is 2.